The molecule has 0 radical (unpaired) electrons. The fourth-order valence-corrected chi connectivity index (χ4v) is 2.19. The van der Waals surface area contributed by atoms with Gasteiger partial charge in [0.1, 0.15) is 6.04 Å². The maximum atomic E-state index is 9.23. The first-order chi connectivity index (χ1) is 9.20. The van der Waals surface area contributed by atoms with Crippen LogP contribution in [0.15, 0.2) is 42.6 Å². The first-order valence-electron chi connectivity index (χ1n) is 5.68. The van der Waals surface area contributed by atoms with E-state index in [9.17, 15) is 5.26 Å². The number of aromatic nitrogens is 1. The van der Waals surface area contributed by atoms with Crippen LogP contribution in [0.5, 0.6) is 0 Å². The minimum Gasteiger partial charge on any atom is -0.292 e. The van der Waals surface area contributed by atoms with Crippen molar-refractivity contribution in [2.45, 2.75) is 12.6 Å². The predicted octanol–water partition coefficient (Wildman–Crippen LogP) is 3.74. The van der Waals surface area contributed by atoms with E-state index in [1.54, 1.807) is 24.4 Å². The Labute approximate surface area is 121 Å². The van der Waals surface area contributed by atoms with Crippen LogP contribution < -0.4 is 5.32 Å². The van der Waals surface area contributed by atoms with Gasteiger partial charge >= 0.3 is 0 Å². The lowest BCUT2D eigenvalue weighted by Crippen LogP contribution is -2.20. The maximum Gasteiger partial charge on any atom is 0.123 e. The first kappa shape index (κ1) is 13.8. The Morgan fingerprint density at radius 1 is 1.26 bits per heavy atom. The molecule has 1 unspecified atom stereocenters. The zero-order chi connectivity index (χ0) is 13.7. The smallest absolute Gasteiger partial charge is 0.123 e. The number of hydrogen-bond donors (Lipinski definition) is 1. The van der Waals surface area contributed by atoms with E-state index < -0.39 is 6.04 Å². The van der Waals surface area contributed by atoms with Crippen LogP contribution in [-0.2, 0) is 6.54 Å². The Kier molecular flexibility index (Phi) is 4.75. The molecule has 3 nitrogen and oxygen atoms in total. The lowest BCUT2D eigenvalue weighted by molar-refractivity contribution is 0.621. The fourth-order valence-electron chi connectivity index (χ4n) is 1.67. The van der Waals surface area contributed by atoms with Crippen molar-refractivity contribution in [3.63, 3.8) is 0 Å². The van der Waals surface area contributed by atoms with Crippen molar-refractivity contribution in [2.24, 2.45) is 0 Å². The van der Waals surface area contributed by atoms with Gasteiger partial charge in [0.2, 0.25) is 0 Å². The number of rotatable bonds is 4. The van der Waals surface area contributed by atoms with Crippen LogP contribution in [0.2, 0.25) is 10.0 Å². The molecule has 96 valence electrons. The summed E-state index contributed by atoms with van der Waals surface area (Å²) in [5, 5.41) is 13.4. The second-order valence-electron chi connectivity index (χ2n) is 3.93. The number of hydrogen-bond acceptors (Lipinski definition) is 3. The molecule has 1 atom stereocenters. The van der Waals surface area contributed by atoms with Crippen LogP contribution >= 0.6 is 23.2 Å². The van der Waals surface area contributed by atoms with Gasteiger partial charge in [-0.15, -0.1) is 0 Å². The third kappa shape index (κ3) is 3.68. The maximum absolute atomic E-state index is 9.23. The van der Waals surface area contributed by atoms with E-state index in [2.05, 4.69) is 16.4 Å². The van der Waals surface area contributed by atoms with Gasteiger partial charge in [0.05, 0.1) is 11.8 Å². The highest BCUT2D eigenvalue weighted by Crippen LogP contribution is 2.26. The number of benzene rings is 1. The topological polar surface area (TPSA) is 48.7 Å². The number of nitriles is 1. The van der Waals surface area contributed by atoms with E-state index in [4.69, 9.17) is 23.2 Å². The summed E-state index contributed by atoms with van der Waals surface area (Å²) in [5.74, 6) is 0. The molecule has 0 spiro atoms. The van der Waals surface area contributed by atoms with Gasteiger partial charge in [-0.2, -0.15) is 5.26 Å². The molecule has 2 rings (SSSR count). The van der Waals surface area contributed by atoms with Crippen LogP contribution in [0, 0.1) is 11.3 Å². The molecule has 2 aromatic rings. The van der Waals surface area contributed by atoms with Crippen molar-refractivity contribution in [2.75, 3.05) is 0 Å². The highest BCUT2D eigenvalue weighted by Gasteiger charge is 2.13. The van der Waals surface area contributed by atoms with Gasteiger partial charge in [-0.25, -0.2) is 0 Å². The number of nitrogens with one attached hydrogen (secondary N) is 1. The van der Waals surface area contributed by atoms with E-state index >= 15 is 0 Å². The molecule has 1 N–H and O–H groups in total. The normalized spacial score (nSPS) is 11.8. The number of halogens is 2. The summed E-state index contributed by atoms with van der Waals surface area (Å²) in [6.07, 6.45) is 1.72. The number of pyridine rings is 1. The average Bonchev–Trinajstić information content (AvgIpc) is 2.42. The van der Waals surface area contributed by atoms with Crippen LogP contribution in [0.4, 0.5) is 0 Å². The quantitative estimate of drug-likeness (QED) is 0.933. The fraction of sp³-hybridized carbons (Fsp3) is 0.143. The highest BCUT2D eigenvalue weighted by atomic mass is 35.5. The van der Waals surface area contributed by atoms with Gasteiger partial charge in [0, 0.05) is 28.4 Å². The zero-order valence-electron chi connectivity index (χ0n) is 9.98. The van der Waals surface area contributed by atoms with Crippen LogP contribution in [-0.4, -0.2) is 4.98 Å². The molecule has 19 heavy (non-hydrogen) atoms. The second-order valence-corrected chi connectivity index (χ2v) is 4.77. The average molecular weight is 292 g/mol. The number of nitrogens with zero attached hydrogens (tertiary/aromatic N) is 2. The van der Waals surface area contributed by atoms with Crippen LogP contribution in [0.1, 0.15) is 17.3 Å². The molecule has 1 aromatic heterocycles. The van der Waals surface area contributed by atoms with Crippen molar-refractivity contribution >= 4 is 23.2 Å². The van der Waals surface area contributed by atoms with Gasteiger partial charge in [-0.1, -0.05) is 35.3 Å². The summed E-state index contributed by atoms with van der Waals surface area (Å²) >= 11 is 11.9. The third-order valence-corrected chi connectivity index (χ3v) is 3.18. The molecule has 0 fully saturated rings. The molecule has 1 aromatic carbocycles. The minimum absolute atomic E-state index is 0.479. The van der Waals surface area contributed by atoms with Gasteiger partial charge in [-0.05, 0) is 24.3 Å². The Balaban J connectivity index is 2.11. The Morgan fingerprint density at radius 3 is 2.74 bits per heavy atom. The molecule has 0 saturated carbocycles. The predicted molar refractivity (Wildman–Crippen MR) is 75.9 cm³/mol. The molecule has 0 saturated heterocycles. The Hall–Kier alpha value is -1.60. The molecular formula is C14H11Cl2N3. The Morgan fingerprint density at radius 2 is 2.11 bits per heavy atom. The largest absolute Gasteiger partial charge is 0.292 e. The van der Waals surface area contributed by atoms with Gasteiger partial charge in [-0.3, -0.25) is 10.3 Å². The standard InChI is InChI=1S/C14H11Cl2N3/c15-10-4-5-12(13(16)7-10)14(8-17)19-9-11-3-1-2-6-18-11/h1-7,14,19H,9H2. The zero-order valence-corrected chi connectivity index (χ0v) is 11.5. The molecule has 5 heteroatoms. The van der Waals surface area contributed by atoms with Gasteiger partial charge in [0.15, 0.2) is 0 Å². The van der Waals surface area contributed by atoms with E-state index in [0.717, 1.165) is 5.69 Å². The third-order valence-electron chi connectivity index (χ3n) is 2.62. The van der Waals surface area contributed by atoms with E-state index in [-0.39, 0.29) is 0 Å². The van der Waals surface area contributed by atoms with Crippen LogP contribution in [0.25, 0.3) is 0 Å². The Bertz CT molecular complexity index is 593. The van der Waals surface area contributed by atoms with Crippen molar-refractivity contribution in [1.82, 2.24) is 10.3 Å². The SMILES string of the molecule is N#CC(NCc1ccccn1)c1ccc(Cl)cc1Cl. The van der Waals surface area contributed by atoms with Crippen molar-refractivity contribution in [3.8, 4) is 6.07 Å². The summed E-state index contributed by atoms with van der Waals surface area (Å²) < 4.78 is 0. The lowest BCUT2D eigenvalue weighted by atomic mass is 10.1. The summed E-state index contributed by atoms with van der Waals surface area (Å²) in [5.41, 5.74) is 1.58. The monoisotopic (exact) mass is 291 g/mol. The second kappa shape index (κ2) is 6.53. The van der Waals surface area contributed by atoms with Crippen molar-refractivity contribution in [1.29, 1.82) is 5.26 Å². The molecule has 0 amide bonds. The van der Waals surface area contributed by atoms with E-state index in [1.807, 2.05) is 18.2 Å². The molecule has 0 aliphatic rings. The molecule has 0 aliphatic heterocycles. The summed E-state index contributed by atoms with van der Waals surface area (Å²) in [6, 6.07) is 12.4. The summed E-state index contributed by atoms with van der Waals surface area (Å²) in [6.45, 7) is 0.498. The first-order valence-corrected chi connectivity index (χ1v) is 6.44. The van der Waals surface area contributed by atoms with Crippen LogP contribution in [0.3, 0.4) is 0 Å². The van der Waals surface area contributed by atoms with E-state index in [1.165, 1.54) is 0 Å². The molecular weight excluding hydrogens is 281 g/mol. The minimum atomic E-state index is -0.494. The van der Waals surface area contributed by atoms with E-state index in [0.29, 0.717) is 22.2 Å². The summed E-state index contributed by atoms with van der Waals surface area (Å²) in [7, 11) is 0. The molecule has 0 bridgehead atoms. The highest BCUT2D eigenvalue weighted by molar-refractivity contribution is 6.35. The van der Waals surface area contributed by atoms with Gasteiger partial charge < -0.3 is 0 Å². The van der Waals surface area contributed by atoms with Crippen molar-refractivity contribution < 1.29 is 0 Å². The van der Waals surface area contributed by atoms with Gasteiger partial charge in [0.25, 0.3) is 0 Å². The summed E-state index contributed by atoms with van der Waals surface area (Å²) in [4.78, 5) is 4.19. The lowest BCUT2D eigenvalue weighted by Gasteiger charge is -2.13. The molecule has 1 heterocycles. The van der Waals surface area contributed by atoms with Crippen molar-refractivity contribution in [3.05, 3.63) is 63.9 Å². The molecule has 0 aliphatic carbocycles.